The van der Waals surface area contributed by atoms with E-state index >= 15 is 0 Å². The molecule has 0 radical (unpaired) electrons. The van der Waals surface area contributed by atoms with Gasteiger partial charge in [-0.3, -0.25) is 4.79 Å². The summed E-state index contributed by atoms with van der Waals surface area (Å²) in [7, 11) is 0. The molecule has 1 N–H and O–H groups in total. The fraction of sp³-hybridized carbons (Fsp3) is 0.364. The molecule has 76 valence electrons. The normalized spacial score (nSPS) is 10.3. The molecule has 0 atom stereocenters. The third-order valence-electron chi connectivity index (χ3n) is 1.88. The summed E-state index contributed by atoms with van der Waals surface area (Å²) in [5.41, 5.74) is 1.02. The Morgan fingerprint density at radius 3 is 2.79 bits per heavy atom. The Kier molecular flexibility index (Phi) is 3.96. The molecule has 0 aliphatic rings. The first-order valence-electron chi connectivity index (χ1n) is 4.61. The lowest BCUT2D eigenvalue weighted by molar-refractivity contribution is -0.124. The van der Waals surface area contributed by atoms with Crippen molar-refractivity contribution >= 4 is 17.5 Å². The molecule has 0 bridgehead atoms. The molecule has 1 amide bonds. The van der Waals surface area contributed by atoms with Gasteiger partial charge in [0.15, 0.2) is 0 Å². The molecule has 0 aromatic heterocycles. The van der Waals surface area contributed by atoms with Crippen molar-refractivity contribution in [2.45, 2.75) is 20.4 Å². The molecule has 0 fully saturated rings. The quantitative estimate of drug-likeness (QED) is 0.818. The molecule has 0 spiro atoms. The minimum atomic E-state index is 0.0224. The van der Waals surface area contributed by atoms with Gasteiger partial charge in [-0.25, -0.2) is 0 Å². The summed E-state index contributed by atoms with van der Waals surface area (Å²) in [4.78, 5) is 11.3. The largest absolute Gasteiger partial charge is 0.352 e. The average Bonchev–Trinajstić information content (AvgIpc) is 2.14. The van der Waals surface area contributed by atoms with Crippen LogP contribution in [0.5, 0.6) is 0 Å². The van der Waals surface area contributed by atoms with Crippen LogP contribution in [0.2, 0.25) is 5.02 Å². The van der Waals surface area contributed by atoms with E-state index in [1.54, 1.807) is 0 Å². The van der Waals surface area contributed by atoms with Crippen molar-refractivity contribution in [3.05, 3.63) is 34.9 Å². The lowest BCUT2D eigenvalue weighted by atomic mass is 10.2. The van der Waals surface area contributed by atoms with Crippen LogP contribution in [0, 0.1) is 5.92 Å². The number of nitrogens with one attached hydrogen (secondary N) is 1. The van der Waals surface area contributed by atoms with Crippen molar-refractivity contribution < 1.29 is 4.79 Å². The van der Waals surface area contributed by atoms with E-state index in [2.05, 4.69) is 5.32 Å². The van der Waals surface area contributed by atoms with Gasteiger partial charge in [0.25, 0.3) is 0 Å². The van der Waals surface area contributed by atoms with Gasteiger partial charge in [-0.1, -0.05) is 37.6 Å². The molecule has 1 rings (SSSR count). The van der Waals surface area contributed by atoms with E-state index in [9.17, 15) is 4.79 Å². The lowest BCUT2D eigenvalue weighted by Crippen LogP contribution is -2.27. The van der Waals surface area contributed by atoms with Gasteiger partial charge < -0.3 is 5.32 Å². The van der Waals surface area contributed by atoms with Crippen LogP contribution in [0.3, 0.4) is 0 Å². The number of amides is 1. The maximum atomic E-state index is 11.3. The summed E-state index contributed by atoms with van der Waals surface area (Å²) in [5.74, 6) is 0.0826. The number of benzene rings is 1. The molecule has 0 aliphatic carbocycles. The molecule has 0 aliphatic heterocycles. The number of carbonyl (C=O) groups excluding carboxylic acids is 1. The van der Waals surface area contributed by atoms with Crippen molar-refractivity contribution in [3.63, 3.8) is 0 Å². The van der Waals surface area contributed by atoms with E-state index in [1.165, 1.54) is 0 Å². The van der Waals surface area contributed by atoms with Crippen molar-refractivity contribution in [3.8, 4) is 0 Å². The van der Waals surface area contributed by atoms with Crippen molar-refractivity contribution in [2.75, 3.05) is 0 Å². The fourth-order valence-electron chi connectivity index (χ4n) is 1.04. The Morgan fingerprint density at radius 1 is 1.50 bits per heavy atom. The minimum absolute atomic E-state index is 0.0224. The van der Waals surface area contributed by atoms with E-state index in [1.807, 2.05) is 38.1 Å². The Balaban J connectivity index is 2.50. The number of carbonyl (C=O) groups is 1. The van der Waals surface area contributed by atoms with Gasteiger partial charge in [0.2, 0.25) is 5.91 Å². The number of halogens is 1. The Bertz CT molecular complexity index is 323. The second-order valence-corrected chi connectivity index (χ2v) is 3.94. The first kappa shape index (κ1) is 11.1. The number of hydrogen-bond donors (Lipinski definition) is 1. The maximum Gasteiger partial charge on any atom is 0.222 e. The zero-order valence-electron chi connectivity index (χ0n) is 8.38. The molecule has 0 saturated carbocycles. The average molecular weight is 212 g/mol. The highest BCUT2D eigenvalue weighted by atomic mass is 35.5. The van der Waals surface area contributed by atoms with Crippen LogP contribution in [0.25, 0.3) is 0 Å². The lowest BCUT2D eigenvalue weighted by Gasteiger charge is -2.07. The smallest absolute Gasteiger partial charge is 0.222 e. The summed E-state index contributed by atoms with van der Waals surface area (Å²) in [6.07, 6.45) is 0. The van der Waals surface area contributed by atoms with E-state index in [0.29, 0.717) is 11.6 Å². The fourth-order valence-corrected chi connectivity index (χ4v) is 1.25. The molecule has 1 aromatic rings. The van der Waals surface area contributed by atoms with E-state index < -0.39 is 0 Å². The summed E-state index contributed by atoms with van der Waals surface area (Å²) >= 11 is 5.81. The van der Waals surface area contributed by atoms with Crippen LogP contribution < -0.4 is 5.32 Å². The van der Waals surface area contributed by atoms with Crippen LogP contribution >= 0.6 is 11.6 Å². The standard InChI is InChI=1S/C11H14ClNO/c1-8(2)11(14)13-7-9-4-3-5-10(12)6-9/h3-6,8H,7H2,1-2H3,(H,13,14). The van der Waals surface area contributed by atoms with Crippen LogP contribution in [0.4, 0.5) is 0 Å². The highest BCUT2D eigenvalue weighted by molar-refractivity contribution is 6.30. The molecule has 14 heavy (non-hydrogen) atoms. The van der Waals surface area contributed by atoms with Crippen LogP contribution in [0.15, 0.2) is 24.3 Å². The zero-order valence-corrected chi connectivity index (χ0v) is 9.14. The summed E-state index contributed by atoms with van der Waals surface area (Å²) < 4.78 is 0. The highest BCUT2D eigenvalue weighted by Crippen LogP contribution is 2.10. The number of hydrogen-bond acceptors (Lipinski definition) is 1. The van der Waals surface area contributed by atoms with Gasteiger partial charge in [0, 0.05) is 17.5 Å². The first-order chi connectivity index (χ1) is 6.59. The molecule has 2 nitrogen and oxygen atoms in total. The van der Waals surface area contributed by atoms with Crippen LogP contribution in [0.1, 0.15) is 19.4 Å². The van der Waals surface area contributed by atoms with Gasteiger partial charge in [-0.05, 0) is 17.7 Å². The Labute approximate surface area is 89.3 Å². The predicted octanol–water partition coefficient (Wildman–Crippen LogP) is 2.61. The number of rotatable bonds is 3. The molecular formula is C11H14ClNO. The SMILES string of the molecule is CC(C)C(=O)NCc1cccc(Cl)c1. The summed E-state index contributed by atoms with van der Waals surface area (Å²) in [6, 6.07) is 7.48. The van der Waals surface area contributed by atoms with Crippen molar-refractivity contribution in [1.29, 1.82) is 0 Å². The van der Waals surface area contributed by atoms with Gasteiger partial charge in [0.05, 0.1) is 0 Å². The molecule has 0 heterocycles. The Morgan fingerprint density at radius 2 is 2.21 bits per heavy atom. The third kappa shape index (κ3) is 3.38. The second kappa shape index (κ2) is 5.01. The summed E-state index contributed by atoms with van der Waals surface area (Å²) in [5, 5.41) is 3.52. The van der Waals surface area contributed by atoms with E-state index in [0.717, 1.165) is 5.56 Å². The second-order valence-electron chi connectivity index (χ2n) is 3.50. The first-order valence-corrected chi connectivity index (χ1v) is 4.99. The van der Waals surface area contributed by atoms with Gasteiger partial charge in [-0.2, -0.15) is 0 Å². The summed E-state index contributed by atoms with van der Waals surface area (Å²) in [6.45, 7) is 4.28. The Hall–Kier alpha value is -1.02. The topological polar surface area (TPSA) is 29.1 Å². The molecule has 3 heteroatoms. The van der Waals surface area contributed by atoms with Gasteiger partial charge in [0.1, 0.15) is 0 Å². The minimum Gasteiger partial charge on any atom is -0.352 e. The van der Waals surface area contributed by atoms with Crippen LogP contribution in [-0.4, -0.2) is 5.91 Å². The zero-order chi connectivity index (χ0) is 10.6. The van der Waals surface area contributed by atoms with Gasteiger partial charge in [-0.15, -0.1) is 0 Å². The van der Waals surface area contributed by atoms with E-state index in [-0.39, 0.29) is 11.8 Å². The molecule has 1 aromatic carbocycles. The highest BCUT2D eigenvalue weighted by Gasteiger charge is 2.05. The molecular weight excluding hydrogens is 198 g/mol. The van der Waals surface area contributed by atoms with Crippen molar-refractivity contribution in [2.24, 2.45) is 5.92 Å². The molecule has 0 saturated heterocycles. The maximum absolute atomic E-state index is 11.3. The van der Waals surface area contributed by atoms with Crippen LogP contribution in [-0.2, 0) is 11.3 Å². The third-order valence-corrected chi connectivity index (χ3v) is 2.12. The predicted molar refractivity (Wildman–Crippen MR) is 58.1 cm³/mol. The van der Waals surface area contributed by atoms with Crippen molar-refractivity contribution in [1.82, 2.24) is 5.32 Å². The van der Waals surface area contributed by atoms with Gasteiger partial charge >= 0.3 is 0 Å². The molecule has 0 unspecified atom stereocenters. The van der Waals surface area contributed by atoms with E-state index in [4.69, 9.17) is 11.6 Å². The monoisotopic (exact) mass is 211 g/mol.